The Hall–Kier alpha value is -1.10. The fraction of sp³-hybridized carbons (Fsp3) is 0.500. The van der Waals surface area contributed by atoms with Crippen LogP contribution in [0.1, 0.15) is 30.0 Å². The van der Waals surface area contributed by atoms with Crippen molar-refractivity contribution < 1.29 is 9.90 Å². The Morgan fingerprint density at radius 2 is 2.47 bits per heavy atom. The highest BCUT2D eigenvalue weighted by Crippen LogP contribution is 2.30. The van der Waals surface area contributed by atoms with Crippen LogP contribution in [0.25, 0.3) is 0 Å². The lowest BCUT2D eigenvalue weighted by molar-refractivity contribution is -0.139. The number of carboxylic acid groups (broad SMARTS) is 1. The van der Waals surface area contributed by atoms with Crippen LogP contribution in [-0.2, 0) is 11.2 Å². The molecule has 0 amide bonds. The minimum absolute atomic E-state index is 0.412. The molecule has 0 saturated carbocycles. The van der Waals surface area contributed by atoms with Gasteiger partial charge < -0.3 is 5.11 Å². The van der Waals surface area contributed by atoms with Crippen molar-refractivity contribution in [2.75, 3.05) is 6.26 Å². The van der Waals surface area contributed by atoms with E-state index in [4.69, 9.17) is 5.11 Å². The molecule has 0 spiro atoms. The van der Waals surface area contributed by atoms with Crippen molar-refractivity contribution in [2.45, 2.75) is 30.3 Å². The van der Waals surface area contributed by atoms with Crippen molar-refractivity contribution in [2.24, 2.45) is 0 Å². The van der Waals surface area contributed by atoms with Crippen LogP contribution in [0, 0.1) is 0 Å². The number of nitrogens with zero attached hydrogens (tertiary/aromatic N) is 2. The van der Waals surface area contributed by atoms with Crippen molar-refractivity contribution in [1.82, 2.24) is 9.97 Å². The molecule has 5 heteroatoms. The predicted octanol–water partition coefficient (Wildman–Crippen LogP) is 1.70. The van der Waals surface area contributed by atoms with Crippen LogP contribution >= 0.6 is 11.8 Å². The fourth-order valence-corrected chi connectivity index (χ4v) is 2.24. The monoisotopic (exact) mass is 224 g/mol. The van der Waals surface area contributed by atoms with Gasteiger partial charge in [-0.25, -0.2) is 9.97 Å². The summed E-state index contributed by atoms with van der Waals surface area (Å²) in [6, 6.07) is 0. The second-order valence-corrected chi connectivity index (χ2v) is 4.32. The van der Waals surface area contributed by atoms with Crippen LogP contribution in [0.5, 0.6) is 0 Å². The number of hydrogen-bond donors (Lipinski definition) is 1. The highest BCUT2D eigenvalue weighted by molar-refractivity contribution is 7.98. The molecular weight excluding hydrogens is 212 g/mol. The maximum absolute atomic E-state index is 11.0. The summed E-state index contributed by atoms with van der Waals surface area (Å²) in [5.74, 6) is -1.18. The summed E-state index contributed by atoms with van der Waals surface area (Å²) in [6.45, 7) is 0. The molecule has 1 aliphatic carbocycles. The van der Waals surface area contributed by atoms with Crippen molar-refractivity contribution in [3.8, 4) is 0 Å². The summed E-state index contributed by atoms with van der Waals surface area (Å²) in [5, 5.41) is 9.77. The zero-order valence-electron chi connectivity index (χ0n) is 8.43. The summed E-state index contributed by atoms with van der Waals surface area (Å²) in [4.78, 5) is 19.5. The summed E-state index contributed by atoms with van der Waals surface area (Å²) >= 11 is 1.48. The van der Waals surface area contributed by atoms with Crippen molar-refractivity contribution in [3.63, 3.8) is 0 Å². The molecule has 0 fully saturated rings. The van der Waals surface area contributed by atoms with Gasteiger partial charge in [-0.3, -0.25) is 4.79 Å². The average molecular weight is 224 g/mol. The number of thioether (sulfide) groups is 1. The standard InChI is InChI=1S/C10H12N2O2S/c1-15-10-11-5-7-6(9(13)14)3-2-4-8(7)12-10/h5-6H,2-4H2,1H3,(H,13,14). The first kappa shape index (κ1) is 10.4. The van der Waals surface area contributed by atoms with Crippen molar-refractivity contribution in [3.05, 3.63) is 17.5 Å². The quantitative estimate of drug-likeness (QED) is 0.612. The van der Waals surface area contributed by atoms with Crippen LogP contribution < -0.4 is 0 Å². The molecule has 1 heterocycles. The molecule has 15 heavy (non-hydrogen) atoms. The van der Waals surface area contributed by atoms with Gasteiger partial charge in [0.15, 0.2) is 5.16 Å². The third-order valence-corrected chi connectivity index (χ3v) is 3.20. The second kappa shape index (κ2) is 4.18. The van der Waals surface area contributed by atoms with Gasteiger partial charge in [0.25, 0.3) is 0 Å². The van der Waals surface area contributed by atoms with E-state index in [1.54, 1.807) is 6.20 Å². The van der Waals surface area contributed by atoms with E-state index in [0.717, 1.165) is 29.3 Å². The molecule has 80 valence electrons. The fourth-order valence-electron chi connectivity index (χ4n) is 1.88. The largest absolute Gasteiger partial charge is 0.481 e. The third-order valence-electron chi connectivity index (χ3n) is 2.64. The Kier molecular flexibility index (Phi) is 2.90. The Bertz CT molecular complexity index is 395. The minimum Gasteiger partial charge on any atom is -0.481 e. The van der Waals surface area contributed by atoms with E-state index in [9.17, 15) is 4.79 Å². The molecule has 0 aromatic carbocycles. The van der Waals surface area contributed by atoms with Gasteiger partial charge in [0.05, 0.1) is 5.92 Å². The van der Waals surface area contributed by atoms with Gasteiger partial charge in [0, 0.05) is 17.5 Å². The number of rotatable bonds is 2. The van der Waals surface area contributed by atoms with Gasteiger partial charge in [0.1, 0.15) is 0 Å². The number of hydrogen-bond acceptors (Lipinski definition) is 4. The Morgan fingerprint density at radius 3 is 3.13 bits per heavy atom. The molecule has 4 nitrogen and oxygen atoms in total. The highest BCUT2D eigenvalue weighted by Gasteiger charge is 2.27. The molecule has 0 radical (unpaired) electrons. The van der Waals surface area contributed by atoms with E-state index in [-0.39, 0.29) is 0 Å². The van der Waals surface area contributed by atoms with Crippen molar-refractivity contribution in [1.29, 1.82) is 0 Å². The molecule has 1 N–H and O–H groups in total. The first-order valence-corrected chi connectivity index (χ1v) is 6.07. The lowest BCUT2D eigenvalue weighted by Gasteiger charge is -2.20. The maximum Gasteiger partial charge on any atom is 0.311 e. The van der Waals surface area contributed by atoms with E-state index in [2.05, 4.69) is 9.97 Å². The molecule has 1 aromatic heterocycles. The number of fused-ring (bicyclic) bond motifs is 1. The predicted molar refractivity (Wildman–Crippen MR) is 57.1 cm³/mol. The molecule has 2 rings (SSSR count). The molecule has 0 aliphatic heterocycles. The highest BCUT2D eigenvalue weighted by atomic mass is 32.2. The molecule has 0 bridgehead atoms. The number of aromatic nitrogens is 2. The van der Waals surface area contributed by atoms with Gasteiger partial charge in [-0.2, -0.15) is 0 Å². The Balaban J connectivity index is 2.40. The number of aryl methyl sites for hydroxylation is 1. The van der Waals surface area contributed by atoms with Gasteiger partial charge in [0.2, 0.25) is 0 Å². The zero-order chi connectivity index (χ0) is 10.8. The topological polar surface area (TPSA) is 63.1 Å². The van der Waals surface area contributed by atoms with Gasteiger partial charge in [-0.1, -0.05) is 11.8 Å². The Labute approximate surface area is 92.1 Å². The van der Waals surface area contributed by atoms with E-state index in [1.807, 2.05) is 6.26 Å². The lowest BCUT2D eigenvalue weighted by atomic mass is 9.87. The summed E-state index contributed by atoms with van der Waals surface area (Å²) in [6.07, 6.45) is 6.06. The zero-order valence-corrected chi connectivity index (χ0v) is 9.25. The van der Waals surface area contributed by atoms with E-state index in [1.165, 1.54) is 11.8 Å². The molecule has 1 unspecified atom stereocenters. The molecular formula is C10H12N2O2S. The molecule has 1 aliphatic rings. The van der Waals surface area contributed by atoms with Crippen LogP contribution in [0.4, 0.5) is 0 Å². The van der Waals surface area contributed by atoms with Crippen LogP contribution in [-0.4, -0.2) is 27.3 Å². The number of aliphatic carboxylic acids is 1. The summed E-state index contributed by atoms with van der Waals surface area (Å²) in [7, 11) is 0. The number of carbonyl (C=O) groups is 1. The average Bonchev–Trinajstić information content (AvgIpc) is 2.27. The SMILES string of the molecule is CSc1ncc2c(n1)CCCC2C(=O)O. The van der Waals surface area contributed by atoms with E-state index >= 15 is 0 Å². The second-order valence-electron chi connectivity index (χ2n) is 3.54. The summed E-state index contributed by atoms with van der Waals surface area (Å²) < 4.78 is 0. The number of carboxylic acids is 1. The summed E-state index contributed by atoms with van der Waals surface area (Å²) in [5.41, 5.74) is 1.71. The van der Waals surface area contributed by atoms with Gasteiger partial charge in [-0.15, -0.1) is 0 Å². The normalized spacial score (nSPS) is 19.7. The van der Waals surface area contributed by atoms with E-state index in [0.29, 0.717) is 6.42 Å². The molecule has 1 atom stereocenters. The van der Waals surface area contributed by atoms with Gasteiger partial charge in [-0.05, 0) is 25.5 Å². The minimum atomic E-state index is -0.767. The van der Waals surface area contributed by atoms with Crippen molar-refractivity contribution >= 4 is 17.7 Å². The smallest absolute Gasteiger partial charge is 0.311 e. The third kappa shape index (κ3) is 1.97. The van der Waals surface area contributed by atoms with Crippen LogP contribution in [0.2, 0.25) is 0 Å². The lowest BCUT2D eigenvalue weighted by Crippen LogP contribution is -2.19. The van der Waals surface area contributed by atoms with E-state index < -0.39 is 11.9 Å². The molecule has 0 saturated heterocycles. The maximum atomic E-state index is 11.0. The Morgan fingerprint density at radius 1 is 1.67 bits per heavy atom. The van der Waals surface area contributed by atoms with Gasteiger partial charge >= 0.3 is 5.97 Å². The first-order valence-electron chi connectivity index (χ1n) is 4.85. The first-order chi connectivity index (χ1) is 7.22. The van der Waals surface area contributed by atoms with Crippen LogP contribution in [0.15, 0.2) is 11.4 Å². The molecule has 1 aromatic rings. The van der Waals surface area contributed by atoms with Crippen LogP contribution in [0.3, 0.4) is 0 Å².